The van der Waals surface area contributed by atoms with E-state index < -0.39 is 16.2 Å². The van der Waals surface area contributed by atoms with Crippen LogP contribution in [0.1, 0.15) is 6.92 Å². The molecule has 1 atom stereocenters. The molecule has 0 aromatic rings. The van der Waals surface area contributed by atoms with Gasteiger partial charge < -0.3 is 0 Å². The maximum atomic E-state index is 10.4. The molecule has 0 aromatic heterocycles. The second-order valence-corrected chi connectivity index (χ2v) is 3.63. The lowest BCUT2D eigenvalue weighted by Gasteiger charge is -2.05. The number of nitrogens with zero attached hydrogens (tertiary/aromatic N) is 3. The third kappa shape index (κ3) is 7.11. The van der Waals surface area contributed by atoms with Crippen molar-refractivity contribution < 1.29 is 12.6 Å². The normalized spacial score (nSPS) is 13.6. The van der Waals surface area contributed by atoms with Crippen molar-refractivity contribution in [1.29, 1.82) is 0 Å². The molecule has 0 fully saturated rings. The molecule has 0 N–H and O–H groups in total. The summed E-state index contributed by atoms with van der Waals surface area (Å²) in [5.41, 5.74) is 7.87. The summed E-state index contributed by atoms with van der Waals surface area (Å²) in [6.45, 7) is 1.53. The predicted molar refractivity (Wildman–Crippen MR) is 39.4 cm³/mol. The van der Waals surface area contributed by atoms with E-state index >= 15 is 0 Å². The highest BCUT2D eigenvalue weighted by atomic mass is 32.2. The second kappa shape index (κ2) is 4.17. The van der Waals surface area contributed by atoms with Crippen LogP contribution in [0.25, 0.3) is 10.4 Å². The number of rotatable bonds is 4. The SMILES string of the molecule is CC(CN=[N+]=[N-])OS(C)(=O)=O. The molecular formula is C4H9N3O3S. The van der Waals surface area contributed by atoms with Gasteiger partial charge in [0.2, 0.25) is 0 Å². The largest absolute Gasteiger partial charge is 0.267 e. The second-order valence-electron chi connectivity index (χ2n) is 2.02. The van der Waals surface area contributed by atoms with Gasteiger partial charge in [-0.15, -0.1) is 0 Å². The molecule has 0 saturated heterocycles. The Labute approximate surface area is 64.9 Å². The van der Waals surface area contributed by atoms with Crippen molar-refractivity contribution in [2.75, 3.05) is 12.8 Å². The fraction of sp³-hybridized carbons (Fsp3) is 1.00. The van der Waals surface area contributed by atoms with Crippen molar-refractivity contribution in [2.45, 2.75) is 13.0 Å². The maximum Gasteiger partial charge on any atom is 0.264 e. The molecule has 64 valence electrons. The van der Waals surface area contributed by atoms with Crippen LogP contribution in [0.15, 0.2) is 5.11 Å². The van der Waals surface area contributed by atoms with Crippen LogP contribution in [0.4, 0.5) is 0 Å². The molecule has 0 aliphatic carbocycles. The highest BCUT2D eigenvalue weighted by Gasteiger charge is 2.08. The third-order valence-corrected chi connectivity index (χ3v) is 1.42. The lowest BCUT2D eigenvalue weighted by molar-refractivity contribution is 0.239. The van der Waals surface area contributed by atoms with Crippen molar-refractivity contribution in [3.8, 4) is 0 Å². The molecule has 6 nitrogen and oxygen atoms in total. The molecule has 0 aromatic carbocycles. The van der Waals surface area contributed by atoms with Gasteiger partial charge >= 0.3 is 0 Å². The van der Waals surface area contributed by atoms with Crippen LogP contribution in [0.3, 0.4) is 0 Å². The summed E-state index contributed by atoms with van der Waals surface area (Å²) in [6, 6.07) is 0. The van der Waals surface area contributed by atoms with E-state index in [4.69, 9.17) is 5.53 Å². The number of hydrogen-bond donors (Lipinski definition) is 0. The van der Waals surface area contributed by atoms with Gasteiger partial charge in [0.15, 0.2) is 0 Å². The Hall–Kier alpha value is -0.780. The molecule has 1 unspecified atom stereocenters. The Kier molecular flexibility index (Phi) is 3.88. The standard InChI is InChI=1S/C4H9N3O3S/c1-4(3-6-7-5)10-11(2,8)9/h4H,3H2,1-2H3. The van der Waals surface area contributed by atoms with Gasteiger partial charge in [0, 0.05) is 4.91 Å². The fourth-order valence-electron chi connectivity index (χ4n) is 0.480. The molecule has 0 bridgehead atoms. The quantitative estimate of drug-likeness (QED) is 0.274. The van der Waals surface area contributed by atoms with Crippen LogP contribution in [0.2, 0.25) is 0 Å². The molecule has 0 amide bonds. The van der Waals surface area contributed by atoms with Crippen LogP contribution >= 0.6 is 0 Å². The van der Waals surface area contributed by atoms with Gasteiger partial charge in [-0.1, -0.05) is 5.11 Å². The zero-order chi connectivity index (χ0) is 8.91. The minimum absolute atomic E-state index is 0.0174. The molecule has 0 saturated carbocycles. The van der Waals surface area contributed by atoms with Crippen molar-refractivity contribution in [1.82, 2.24) is 0 Å². The van der Waals surface area contributed by atoms with Crippen LogP contribution in [-0.2, 0) is 14.3 Å². The topological polar surface area (TPSA) is 92.1 Å². The average Bonchev–Trinajstić information content (AvgIpc) is 1.79. The minimum Gasteiger partial charge on any atom is -0.267 e. The molecule has 0 radical (unpaired) electrons. The van der Waals surface area contributed by atoms with Crippen molar-refractivity contribution in [3.05, 3.63) is 10.4 Å². The van der Waals surface area contributed by atoms with E-state index in [0.717, 1.165) is 6.26 Å². The number of hydrogen-bond acceptors (Lipinski definition) is 4. The van der Waals surface area contributed by atoms with E-state index in [-0.39, 0.29) is 6.54 Å². The average molecular weight is 179 g/mol. The molecule has 0 aliphatic rings. The summed E-state index contributed by atoms with van der Waals surface area (Å²) in [7, 11) is -3.44. The maximum absolute atomic E-state index is 10.4. The Morgan fingerprint density at radius 3 is 2.64 bits per heavy atom. The van der Waals surface area contributed by atoms with Gasteiger partial charge in [-0.3, -0.25) is 4.18 Å². The summed E-state index contributed by atoms with van der Waals surface area (Å²) >= 11 is 0. The first kappa shape index (κ1) is 10.2. The minimum atomic E-state index is -3.44. The van der Waals surface area contributed by atoms with E-state index in [9.17, 15) is 8.42 Å². The highest BCUT2D eigenvalue weighted by Crippen LogP contribution is 1.96. The van der Waals surface area contributed by atoms with Crippen LogP contribution in [0.5, 0.6) is 0 Å². The predicted octanol–water partition coefficient (Wildman–Crippen LogP) is 0.661. The lowest BCUT2D eigenvalue weighted by Crippen LogP contribution is -2.16. The summed E-state index contributed by atoms with van der Waals surface area (Å²) in [5.74, 6) is 0. The van der Waals surface area contributed by atoms with E-state index in [0.29, 0.717) is 0 Å². The first-order valence-electron chi connectivity index (χ1n) is 2.85. The highest BCUT2D eigenvalue weighted by molar-refractivity contribution is 7.86. The van der Waals surface area contributed by atoms with Gasteiger partial charge in [0.05, 0.1) is 18.9 Å². The zero-order valence-electron chi connectivity index (χ0n) is 6.26. The molecule has 7 heteroatoms. The van der Waals surface area contributed by atoms with Gasteiger partial charge in [0.1, 0.15) is 0 Å². The monoisotopic (exact) mass is 179 g/mol. The lowest BCUT2D eigenvalue weighted by atomic mass is 10.4. The molecule has 0 rings (SSSR count). The zero-order valence-corrected chi connectivity index (χ0v) is 7.08. The third-order valence-electron chi connectivity index (χ3n) is 0.741. The van der Waals surface area contributed by atoms with Gasteiger partial charge in [-0.25, -0.2) is 0 Å². The summed E-state index contributed by atoms with van der Waals surface area (Å²) in [4.78, 5) is 2.46. The smallest absolute Gasteiger partial charge is 0.264 e. The van der Waals surface area contributed by atoms with E-state index in [1.807, 2.05) is 0 Å². The van der Waals surface area contributed by atoms with E-state index in [2.05, 4.69) is 14.2 Å². The fourth-order valence-corrected chi connectivity index (χ4v) is 1.14. The molecule has 0 spiro atoms. The first-order valence-corrected chi connectivity index (χ1v) is 4.66. The van der Waals surface area contributed by atoms with E-state index in [1.165, 1.54) is 6.92 Å². The molecular weight excluding hydrogens is 170 g/mol. The summed E-state index contributed by atoms with van der Waals surface area (Å²) in [6.07, 6.45) is 0.348. The van der Waals surface area contributed by atoms with Crippen LogP contribution in [0, 0.1) is 0 Å². The Morgan fingerprint density at radius 1 is 1.73 bits per heavy atom. The van der Waals surface area contributed by atoms with Crippen molar-refractivity contribution >= 4 is 10.1 Å². The Balaban J connectivity index is 3.88. The van der Waals surface area contributed by atoms with Crippen LogP contribution < -0.4 is 0 Å². The summed E-state index contributed by atoms with van der Waals surface area (Å²) < 4.78 is 25.3. The van der Waals surface area contributed by atoms with Crippen LogP contribution in [-0.4, -0.2) is 27.3 Å². The number of azide groups is 1. The van der Waals surface area contributed by atoms with Gasteiger partial charge in [-0.05, 0) is 12.5 Å². The van der Waals surface area contributed by atoms with Crippen molar-refractivity contribution in [2.24, 2.45) is 5.11 Å². The molecule has 0 aliphatic heterocycles. The molecule has 11 heavy (non-hydrogen) atoms. The van der Waals surface area contributed by atoms with Gasteiger partial charge in [-0.2, -0.15) is 8.42 Å². The summed E-state index contributed by atoms with van der Waals surface area (Å²) in [5, 5.41) is 3.15. The Morgan fingerprint density at radius 2 is 2.27 bits per heavy atom. The Bertz CT molecular complexity index is 254. The first-order chi connectivity index (χ1) is 4.95. The van der Waals surface area contributed by atoms with E-state index in [1.54, 1.807) is 0 Å². The molecule has 0 heterocycles. The van der Waals surface area contributed by atoms with Crippen molar-refractivity contribution in [3.63, 3.8) is 0 Å². The van der Waals surface area contributed by atoms with Gasteiger partial charge in [0.25, 0.3) is 10.1 Å².